The Morgan fingerprint density at radius 3 is 2.61 bits per heavy atom. The van der Waals surface area contributed by atoms with E-state index in [2.05, 4.69) is 54.8 Å². The fourth-order valence-corrected chi connectivity index (χ4v) is 3.55. The first-order valence-electron chi connectivity index (χ1n) is 7.88. The predicted octanol–water partition coefficient (Wildman–Crippen LogP) is 3.49. The minimum absolute atomic E-state index is 0. The molecule has 3 aromatic rings. The van der Waals surface area contributed by atoms with Gasteiger partial charge < -0.3 is 4.57 Å². The van der Waals surface area contributed by atoms with Crippen LogP contribution < -0.4 is 9.55 Å². The number of aromatic nitrogens is 2. The first-order chi connectivity index (χ1) is 10.8. The van der Waals surface area contributed by atoms with Crippen LogP contribution in [0.4, 0.5) is 0 Å². The van der Waals surface area contributed by atoms with Crippen molar-refractivity contribution in [3.05, 3.63) is 71.2 Å². The SMILES string of the molecule is Cc1cccc(C)c1-[n+]1c[n-]c2c1CCCc1ccc[c-]c1-2.[Ir]. The molecule has 1 heterocycles. The van der Waals surface area contributed by atoms with Crippen molar-refractivity contribution in [2.75, 3.05) is 0 Å². The van der Waals surface area contributed by atoms with Crippen LogP contribution >= 0.6 is 0 Å². The number of benzene rings is 2. The van der Waals surface area contributed by atoms with Gasteiger partial charge in [-0.25, -0.2) is 0 Å². The van der Waals surface area contributed by atoms with E-state index >= 15 is 0 Å². The van der Waals surface area contributed by atoms with Gasteiger partial charge in [0.25, 0.3) is 0 Å². The Balaban J connectivity index is 0.00000156. The standard InChI is InChI=1S/C20H19N2.Ir/c1-14-7-5-8-15(2)20(14)22-13-21-19-17-11-4-3-9-16(17)10-6-12-18(19)22;/h3-5,7-9,13H,6,10,12H2,1-2H3;/q-1;. The molecule has 0 saturated heterocycles. The monoisotopic (exact) mass is 480 g/mol. The van der Waals surface area contributed by atoms with Gasteiger partial charge in [0.1, 0.15) is 0 Å². The summed E-state index contributed by atoms with van der Waals surface area (Å²) >= 11 is 0. The molecule has 0 atom stereocenters. The molecule has 0 N–H and O–H groups in total. The van der Waals surface area contributed by atoms with Gasteiger partial charge in [-0.15, -0.1) is 35.4 Å². The third-order valence-electron chi connectivity index (χ3n) is 4.59. The van der Waals surface area contributed by atoms with Gasteiger partial charge in [-0.3, -0.25) is 4.98 Å². The number of hydrogen-bond donors (Lipinski definition) is 0. The summed E-state index contributed by atoms with van der Waals surface area (Å²) in [4.78, 5) is 4.75. The molecular formula is C20H19IrN2-. The molecule has 0 saturated carbocycles. The van der Waals surface area contributed by atoms with Crippen molar-refractivity contribution in [1.82, 2.24) is 4.98 Å². The summed E-state index contributed by atoms with van der Waals surface area (Å²) in [6.45, 7) is 4.34. The van der Waals surface area contributed by atoms with Gasteiger partial charge in [0.05, 0.1) is 12.0 Å². The maximum atomic E-state index is 4.75. The molecule has 1 aliphatic rings. The van der Waals surface area contributed by atoms with Gasteiger partial charge in [0.15, 0.2) is 0 Å². The van der Waals surface area contributed by atoms with Crippen molar-refractivity contribution in [3.63, 3.8) is 0 Å². The third-order valence-corrected chi connectivity index (χ3v) is 4.59. The first kappa shape index (κ1) is 16.2. The zero-order chi connectivity index (χ0) is 15.1. The number of fused-ring (bicyclic) bond motifs is 3. The Kier molecular flexibility index (Phi) is 4.52. The van der Waals surface area contributed by atoms with Crippen LogP contribution in [-0.4, -0.2) is 0 Å². The maximum Gasteiger partial charge on any atom is 0.0885 e. The molecule has 0 amide bonds. The van der Waals surface area contributed by atoms with Crippen LogP contribution in [0.15, 0.2) is 42.7 Å². The maximum absolute atomic E-state index is 4.75. The fraction of sp³-hybridized carbons (Fsp3) is 0.250. The second kappa shape index (κ2) is 6.43. The van der Waals surface area contributed by atoms with Crippen molar-refractivity contribution in [2.24, 2.45) is 0 Å². The molecule has 3 heteroatoms. The molecule has 1 aromatic heterocycles. The smallest absolute Gasteiger partial charge is 0.0885 e. The summed E-state index contributed by atoms with van der Waals surface area (Å²) < 4.78 is 2.29. The normalized spacial score (nSPS) is 12.8. The van der Waals surface area contributed by atoms with Gasteiger partial charge >= 0.3 is 0 Å². The topological polar surface area (TPSA) is 18.0 Å². The molecule has 0 spiro atoms. The van der Waals surface area contributed by atoms with Crippen molar-refractivity contribution in [1.29, 1.82) is 0 Å². The Bertz CT molecular complexity index is 828. The molecule has 2 nitrogen and oxygen atoms in total. The Morgan fingerprint density at radius 1 is 1.04 bits per heavy atom. The zero-order valence-electron chi connectivity index (χ0n) is 13.4. The molecular weight excluding hydrogens is 460 g/mol. The molecule has 2 aromatic carbocycles. The van der Waals surface area contributed by atoms with Crippen molar-refractivity contribution >= 4 is 0 Å². The molecule has 23 heavy (non-hydrogen) atoms. The van der Waals surface area contributed by atoms with Gasteiger partial charge in [-0.1, -0.05) is 31.0 Å². The summed E-state index contributed by atoms with van der Waals surface area (Å²) in [7, 11) is 0. The van der Waals surface area contributed by atoms with Crippen LogP contribution in [0.2, 0.25) is 0 Å². The van der Waals surface area contributed by atoms with Crippen LogP contribution in [0.5, 0.6) is 0 Å². The van der Waals surface area contributed by atoms with Crippen LogP contribution in [0.3, 0.4) is 0 Å². The van der Waals surface area contributed by atoms with E-state index in [0.29, 0.717) is 0 Å². The quantitative estimate of drug-likeness (QED) is 0.386. The van der Waals surface area contributed by atoms with E-state index in [4.69, 9.17) is 4.98 Å². The second-order valence-electron chi connectivity index (χ2n) is 6.07. The number of aryl methyl sites for hydroxylation is 3. The number of rotatable bonds is 1. The molecule has 119 valence electrons. The van der Waals surface area contributed by atoms with Gasteiger partial charge in [-0.2, -0.15) is 0 Å². The largest absolute Gasteiger partial charge is 0.312 e. The van der Waals surface area contributed by atoms with E-state index < -0.39 is 0 Å². The molecule has 1 radical (unpaired) electrons. The van der Waals surface area contributed by atoms with Crippen LogP contribution in [0.1, 0.15) is 28.8 Å². The Hall–Kier alpha value is -1.70. The van der Waals surface area contributed by atoms with E-state index in [1.165, 1.54) is 33.6 Å². The van der Waals surface area contributed by atoms with E-state index in [-0.39, 0.29) is 20.1 Å². The van der Waals surface area contributed by atoms with Crippen LogP contribution in [0, 0.1) is 19.9 Å². The first-order valence-corrected chi connectivity index (χ1v) is 7.88. The fourth-order valence-electron chi connectivity index (χ4n) is 3.55. The molecule has 1 aliphatic carbocycles. The summed E-state index contributed by atoms with van der Waals surface area (Å²) in [6.07, 6.45) is 5.31. The molecule has 0 fully saturated rings. The summed E-state index contributed by atoms with van der Waals surface area (Å²) in [5.74, 6) is 0. The van der Waals surface area contributed by atoms with E-state index in [1.54, 1.807) is 0 Å². The molecule has 0 aliphatic heterocycles. The van der Waals surface area contributed by atoms with Crippen LogP contribution in [-0.2, 0) is 32.9 Å². The van der Waals surface area contributed by atoms with E-state index in [0.717, 1.165) is 25.0 Å². The predicted molar refractivity (Wildman–Crippen MR) is 87.1 cm³/mol. The Morgan fingerprint density at radius 2 is 1.83 bits per heavy atom. The van der Waals surface area contributed by atoms with E-state index in [1.807, 2.05) is 12.4 Å². The van der Waals surface area contributed by atoms with Gasteiger partial charge in [0.2, 0.25) is 0 Å². The van der Waals surface area contributed by atoms with Crippen molar-refractivity contribution in [3.8, 4) is 16.9 Å². The van der Waals surface area contributed by atoms with Gasteiger partial charge in [0, 0.05) is 31.5 Å². The number of hydrogen-bond acceptors (Lipinski definition) is 0. The van der Waals surface area contributed by atoms with Crippen LogP contribution in [0.25, 0.3) is 16.9 Å². The average Bonchev–Trinajstić information content (AvgIpc) is 2.82. The third kappa shape index (κ3) is 2.69. The van der Waals surface area contributed by atoms with E-state index in [9.17, 15) is 0 Å². The molecule has 4 rings (SSSR count). The second-order valence-corrected chi connectivity index (χ2v) is 6.07. The number of para-hydroxylation sites is 1. The Labute approximate surface area is 150 Å². The van der Waals surface area contributed by atoms with Crippen molar-refractivity contribution in [2.45, 2.75) is 33.1 Å². The summed E-state index contributed by atoms with van der Waals surface area (Å²) in [6, 6.07) is 16.1. The molecule has 0 unspecified atom stereocenters. The molecule has 0 bridgehead atoms. The number of imidazole rings is 1. The minimum atomic E-state index is 0. The average molecular weight is 480 g/mol. The summed E-state index contributed by atoms with van der Waals surface area (Å²) in [5.41, 5.74) is 8.83. The summed E-state index contributed by atoms with van der Waals surface area (Å²) in [5, 5.41) is 0. The number of nitrogens with zero attached hydrogens (tertiary/aromatic N) is 2. The van der Waals surface area contributed by atoms with Gasteiger partial charge in [-0.05, 0) is 31.4 Å². The zero-order valence-corrected chi connectivity index (χ0v) is 15.8. The van der Waals surface area contributed by atoms with Crippen molar-refractivity contribution < 1.29 is 24.7 Å². The minimum Gasteiger partial charge on any atom is -0.312 e.